The first-order valence-corrected chi connectivity index (χ1v) is 11.1. The lowest BCUT2D eigenvalue weighted by Gasteiger charge is -2.44. The van der Waals surface area contributed by atoms with Gasteiger partial charge in [-0.05, 0) is 57.9 Å². The summed E-state index contributed by atoms with van der Waals surface area (Å²) in [5, 5.41) is 7.53. The molecule has 0 bridgehead atoms. The zero-order valence-corrected chi connectivity index (χ0v) is 19.3. The smallest absolute Gasteiger partial charge is 0.410 e. The number of carbonyl (C=O) groups is 1. The van der Waals surface area contributed by atoms with E-state index in [2.05, 4.69) is 10.2 Å². The molecule has 6 nitrogen and oxygen atoms in total. The molecule has 2 aromatic carbocycles. The molecule has 0 spiro atoms. The van der Waals surface area contributed by atoms with E-state index in [0.29, 0.717) is 42.4 Å². The second-order valence-electron chi connectivity index (χ2n) is 9.90. The summed E-state index contributed by atoms with van der Waals surface area (Å²) >= 11 is 0. The van der Waals surface area contributed by atoms with Crippen molar-refractivity contribution in [3.05, 3.63) is 59.7 Å². The van der Waals surface area contributed by atoms with E-state index in [4.69, 9.17) is 9.47 Å². The van der Waals surface area contributed by atoms with Gasteiger partial charge < -0.3 is 14.4 Å². The number of benzene rings is 2. The van der Waals surface area contributed by atoms with Crippen LogP contribution in [0, 0.1) is 17.0 Å². The van der Waals surface area contributed by atoms with E-state index >= 15 is 0 Å². The fraction of sp³-hybridized carbons (Fsp3) is 0.440. The summed E-state index contributed by atoms with van der Waals surface area (Å²) in [5.41, 5.74) is -0.290. The van der Waals surface area contributed by atoms with Gasteiger partial charge in [0.05, 0.1) is 10.9 Å². The molecule has 1 aromatic heterocycles. The summed E-state index contributed by atoms with van der Waals surface area (Å²) in [5.74, 6) is -0.645. The van der Waals surface area contributed by atoms with Crippen molar-refractivity contribution in [2.45, 2.75) is 52.2 Å². The van der Waals surface area contributed by atoms with E-state index in [-0.39, 0.29) is 5.88 Å². The molecule has 1 N–H and O–H groups in total. The Kier molecular flexibility index (Phi) is 6.03. The number of H-pyrrole nitrogens is 1. The number of likely N-dealkylation sites (tertiary alicyclic amines) is 1. The monoisotopic (exact) mass is 457 g/mol. The summed E-state index contributed by atoms with van der Waals surface area (Å²) in [6.45, 7) is 8.29. The highest BCUT2D eigenvalue weighted by Gasteiger charge is 2.44. The topological polar surface area (TPSA) is 67.4 Å². The average Bonchev–Trinajstić information content (AvgIpc) is 3.13. The van der Waals surface area contributed by atoms with Crippen LogP contribution in [0.3, 0.4) is 0 Å². The molecule has 176 valence electrons. The molecular formula is C25H29F2N3O3. The van der Waals surface area contributed by atoms with Gasteiger partial charge >= 0.3 is 6.09 Å². The molecule has 8 heteroatoms. The molecule has 1 aliphatic rings. The average molecular weight is 458 g/mol. The van der Waals surface area contributed by atoms with Crippen LogP contribution >= 0.6 is 0 Å². The number of hydrogen-bond donors (Lipinski definition) is 1. The first-order valence-electron chi connectivity index (χ1n) is 11.1. The number of nitrogens with zero attached hydrogens (tertiary/aromatic N) is 2. The summed E-state index contributed by atoms with van der Waals surface area (Å²) in [4.78, 5) is 14.4. The van der Waals surface area contributed by atoms with Gasteiger partial charge in [0.15, 0.2) is 0 Å². The van der Waals surface area contributed by atoms with E-state index in [1.165, 1.54) is 18.2 Å². The summed E-state index contributed by atoms with van der Waals surface area (Å²) < 4.78 is 40.8. The Bertz CT molecular complexity index is 1160. The number of aromatic amines is 1. The van der Waals surface area contributed by atoms with Gasteiger partial charge in [0, 0.05) is 24.1 Å². The van der Waals surface area contributed by atoms with Crippen LogP contribution in [0.1, 0.15) is 52.2 Å². The van der Waals surface area contributed by atoms with E-state index in [1.54, 1.807) is 29.2 Å². The Balaban J connectivity index is 1.71. The minimum Gasteiger partial charge on any atom is -0.467 e. The zero-order chi connectivity index (χ0) is 23.8. The van der Waals surface area contributed by atoms with E-state index in [1.807, 2.05) is 27.7 Å². The Morgan fingerprint density at radius 3 is 2.70 bits per heavy atom. The van der Waals surface area contributed by atoms with Crippen molar-refractivity contribution in [3.8, 4) is 5.88 Å². The van der Waals surface area contributed by atoms with Crippen molar-refractivity contribution >= 4 is 17.0 Å². The number of carbonyl (C=O) groups excluding carboxylic acids is 1. The number of nitrogens with one attached hydrogen (secondary N) is 1. The van der Waals surface area contributed by atoms with Crippen molar-refractivity contribution in [2.24, 2.45) is 5.41 Å². The maximum atomic E-state index is 15.0. The number of hydrogen-bond acceptors (Lipinski definition) is 4. The molecule has 2 unspecified atom stereocenters. The lowest BCUT2D eigenvalue weighted by atomic mass is 9.74. The van der Waals surface area contributed by atoms with Crippen molar-refractivity contribution in [1.29, 1.82) is 0 Å². The highest BCUT2D eigenvalue weighted by atomic mass is 19.1. The second-order valence-corrected chi connectivity index (χ2v) is 9.90. The standard InChI is InChI=1S/C25H29F2N3O3/c1-24(2,3)33-23(31)30-13-7-12-25(4,15-30)21(17-8-5-6-9-19(17)27)32-22-18-14-16(26)10-11-20(18)28-29-22/h5-6,8-11,14,21H,7,12-13,15H2,1-4H3,(H,28,29). The van der Waals surface area contributed by atoms with E-state index < -0.39 is 34.8 Å². The number of ether oxygens (including phenoxy) is 2. The highest BCUT2D eigenvalue weighted by molar-refractivity contribution is 5.83. The number of rotatable bonds is 4. The predicted molar refractivity (Wildman–Crippen MR) is 121 cm³/mol. The zero-order valence-electron chi connectivity index (χ0n) is 19.3. The SMILES string of the molecule is CC(C)(C)OC(=O)N1CCCC(C)(C(Oc2n[nH]c3ccc(F)cc23)c2ccccc2F)C1. The van der Waals surface area contributed by atoms with Gasteiger partial charge in [0.25, 0.3) is 0 Å². The molecule has 3 aromatic rings. The number of amides is 1. The molecule has 0 aliphatic carbocycles. The van der Waals surface area contributed by atoms with Gasteiger partial charge in [0.1, 0.15) is 23.3 Å². The van der Waals surface area contributed by atoms with Crippen LogP contribution in [0.5, 0.6) is 5.88 Å². The second kappa shape index (κ2) is 8.65. The molecule has 0 radical (unpaired) electrons. The third-order valence-corrected chi connectivity index (χ3v) is 5.92. The minimum absolute atomic E-state index is 0.188. The Labute approximate surface area is 191 Å². The van der Waals surface area contributed by atoms with Crippen LogP contribution < -0.4 is 4.74 Å². The maximum absolute atomic E-state index is 15.0. The van der Waals surface area contributed by atoms with Gasteiger partial charge in [-0.2, -0.15) is 0 Å². The van der Waals surface area contributed by atoms with Gasteiger partial charge in [-0.1, -0.05) is 25.1 Å². The van der Waals surface area contributed by atoms with Gasteiger partial charge in [0.2, 0.25) is 5.88 Å². The lowest BCUT2D eigenvalue weighted by molar-refractivity contribution is -0.0273. The first kappa shape index (κ1) is 23.0. The van der Waals surface area contributed by atoms with Gasteiger partial charge in [-0.25, -0.2) is 13.6 Å². The number of piperidine rings is 1. The number of aromatic nitrogens is 2. The van der Waals surface area contributed by atoms with Crippen LogP contribution in [0.25, 0.3) is 10.9 Å². The largest absolute Gasteiger partial charge is 0.467 e. The predicted octanol–water partition coefficient (Wildman–Crippen LogP) is 6.00. The summed E-state index contributed by atoms with van der Waals surface area (Å²) in [7, 11) is 0. The Morgan fingerprint density at radius 2 is 1.97 bits per heavy atom. The molecule has 1 amide bonds. The molecule has 1 fully saturated rings. The Morgan fingerprint density at radius 1 is 1.21 bits per heavy atom. The highest BCUT2D eigenvalue weighted by Crippen LogP contribution is 2.45. The molecule has 2 heterocycles. The van der Waals surface area contributed by atoms with Crippen molar-refractivity contribution < 1.29 is 23.0 Å². The van der Waals surface area contributed by atoms with Crippen molar-refractivity contribution in [1.82, 2.24) is 15.1 Å². The lowest BCUT2D eigenvalue weighted by Crippen LogP contribution is -2.50. The summed E-state index contributed by atoms with van der Waals surface area (Å²) in [6.07, 6.45) is 0.230. The van der Waals surface area contributed by atoms with Crippen LogP contribution in [0.4, 0.5) is 13.6 Å². The summed E-state index contributed by atoms with van der Waals surface area (Å²) in [6, 6.07) is 10.7. The van der Waals surface area contributed by atoms with Crippen molar-refractivity contribution in [3.63, 3.8) is 0 Å². The third kappa shape index (κ3) is 4.94. The number of fused-ring (bicyclic) bond motifs is 1. The minimum atomic E-state index is -0.765. The van der Waals surface area contributed by atoms with Gasteiger partial charge in [-0.15, -0.1) is 5.10 Å². The molecule has 1 aliphatic heterocycles. The molecule has 4 rings (SSSR count). The van der Waals surface area contributed by atoms with Crippen molar-refractivity contribution in [2.75, 3.05) is 13.1 Å². The van der Waals surface area contributed by atoms with Crippen LogP contribution in [-0.4, -0.2) is 39.9 Å². The maximum Gasteiger partial charge on any atom is 0.410 e. The fourth-order valence-corrected chi connectivity index (χ4v) is 4.40. The van der Waals surface area contributed by atoms with Crippen LogP contribution in [0.2, 0.25) is 0 Å². The molecule has 1 saturated heterocycles. The van der Waals surface area contributed by atoms with Crippen LogP contribution in [0.15, 0.2) is 42.5 Å². The quantitative estimate of drug-likeness (QED) is 0.522. The van der Waals surface area contributed by atoms with Crippen LogP contribution in [-0.2, 0) is 4.74 Å². The van der Waals surface area contributed by atoms with E-state index in [0.717, 1.165) is 0 Å². The first-order chi connectivity index (χ1) is 15.6. The van der Waals surface area contributed by atoms with E-state index in [9.17, 15) is 13.6 Å². The molecule has 0 saturated carbocycles. The molecular weight excluding hydrogens is 428 g/mol. The molecule has 2 atom stereocenters. The van der Waals surface area contributed by atoms with Gasteiger partial charge in [-0.3, -0.25) is 5.10 Å². The third-order valence-electron chi connectivity index (χ3n) is 5.92. The number of halogens is 2. The molecule has 33 heavy (non-hydrogen) atoms. The normalized spacial score (nSPS) is 20.0. The Hall–Kier alpha value is -3.16. The fourth-order valence-electron chi connectivity index (χ4n) is 4.40.